The number of fused-ring (bicyclic) bond motifs is 1. The van der Waals surface area contributed by atoms with E-state index in [0.717, 1.165) is 17.3 Å². The smallest absolute Gasteiger partial charge is 0.232 e. The number of ether oxygens (including phenoxy) is 2. The quantitative estimate of drug-likeness (QED) is 0.793. The molecule has 2 aromatic rings. The van der Waals surface area contributed by atoms with E-state index in [0.29, 0.717) is 18.9 Å². The predicted octanol–water partition coefficient (Wildman–Crippen LogP) is 3.53. The number of amides is 1. The first kappa shape index (κ1) is 17.7. The first-order valence-electron chi connectivity index (χ1n) is 8.37. The summed E-state index contributed by atoms with van der Waals surface area (Å²) >= 11 is 1.64. The second-order valence-electron chi connectivity index (χ2n) is 6.25. The molecule has 0 aromatic heterocycles. The Hall–Kier alpha value is -2.14. The van der Waals surface area contributed by atoms with Crippen LogP contribution in [0, 0.1) is 6.92 Å². The van der Waals surface area contributed by atoms with E-state index in [1.807, 2.05) is 31.3 Å². The van der Waals surface area contributed by atoms with Crippen LogP contribution in [0.15, 0.2) is 48.5 Å². The fourth-order valence-corrected chi connectivity index (χ4v) is 3.64. The maximum absolute atomic E-state index is 12.3. The van der Waals surface area contributed by atoms with Gasteiger partial charge in [0.05, 0.1) is 12.3 Å². The van der Waals surface area contributed by atoms with Gasteiger partial charge in [-0.15, -0.1) is 11.8 Å². The van der Waals surface area contributed by atoms with Crippen molar-refractivity contribution in [3.63, 3.8) is 0 Å². The Bertz CT molecular complexity index is 734. The monoisotopic (exact) mass is 357 g/mol. The lowest BCUT2D eigenvalue weighted by Crippen LogP contribution is -2.42. The Labute approximate surface area is 153 Å². The second kappa shape index (κ2) is 8.30. The van der Waals surface area contributed by atoms with E-state index in [2.05, 4.69) is 31.2 Å². The van der Waals surface area contributed by atoms with E-state index in [-0.39, 0.29) is 12.0 Å². The number of carbonyl (C=O) groups is 1. The molecule has 1 aliphatic rings. The SMILES string of the molecule is Cc1cccc(CSCC(=O)N(C)CC2COc3ccccc3O2)c1. The Morgan fingerprint density at radius 3 is 2.80 bits per heavy atom. The van der Waals surface area contributed by atoms with Crippen molar-refractivity contribution in [1.82, 2.24) is 4.90 Å². The summed E-state index contributed by atoms with van der Waals surface area (Å²) in [4.78, 5) is 14.1. The number of carbonyl (C=O) groups excluding carboxylic acids is 1. The van der Waals surface area contributed by atoms with Gasteiger partial charge in [-0.3, -0.25) is 4.79 Å². The van der Waals surface area contributed by atoms with Gasteiger partial charge in [-0.2, -0.15) is 0 Å². The van der Waals surface area contributed by atoms with Gasteiger partial charge >= 0.3 is 0 Å². The van der Waals surface area contributed by atoms with Crippen molar-refractivity contribution in [2.75, 3.05) is 26.0 Å². The minimum atomic E-state index is -0.134. The average Bonchev–Trinajstić information content (AvgIpc) is 2.61. The molecule has 25 heavy (non-hydrogen) atoms. The van der Waals surface area contributed by atoms with E-state index in [9.17, 15) is 4.79 Å². The van der Waals surface area contributed by atoms with Gasteiger partial charge in [-0.1, -0.05) is 42.0 Å². The van der Waals surface area contributed by atoms with Crippen LogP contribution in [0.5, 0.6) is 11.5 Å². The van der Waals surface area contributed by atoms with Crippen LogP contribution in [-0.4, -0.2) is 42.9 Å². The number of hydrogen-bond donors (Lipinski definition) is 0. The number of para-hydroxylation sites is 2. The standard InChI is InChI=1S/C20H23NO3S/c1-15-6-5-7-16(10-15)13-25-14-20(22)21(2)11-17-12-23-18-8-3-4-9-19(18)24-17/h3-10,17H,11-14H2,1-2H3. The summed E-state index contributed by atoms with van der Waals surface area (Å²) in [6.45, 7) is 3.07. The van der Waals surface area contributed by atoms with Crippen LogP contribution in [0.2, 0.25) is 0 Å². The maximum Gasteiger partial charge on any atom is 0.232 e. The average molecular weight is 357 g/mol. The number of hydrogen-bond acceptors (Lipinski definition) is 4. The van der Waals surface area contributed by atoms with Gasteiger partial charge < -0.3 is 14.4 Å². The van der Waals surface area contributed by atoms with E-state index in [1.54, 1.807) is 16.7 Å². The van der Waals surface area contributed by atoms with Gasteiger partial charge in [0.25, 0.3) is 0 Å². The van der Waals surface area contributed by atoms with E-state index >= 15 is 0 Å². The van der Waals surface area contributed by atoms with Crippen molar-refractivity contribution >= 4 is 17.7 Å². The Kier molecular flexibility index (Phi) is 5.87. The summed E-state index contributed by atoms with van der Waals surface area (Å²) in [6.07, 6.45) is -0.134. The molecule has 2 aromatic carbocycles. The summed E-state index contributed by atoms with van der Waals surface area (Å²) in [5, 5.41) is 0. The van der Waals surface area contributed by atoms with E-state index < -0.39 is 0 Å². The molecule has 3 rings (SSSR count). The molecular weight excluding hydrogens is 334 g/mol. The summed E-state index contributed by atoms with van der Waals surface area (Å²) in [7, 11) is 1.82. The van der Waals surface area contributed by atoms with Crippen molar-refractivity contribution in [2.45, 2.75) is 18.8 Å². The largest absolute Gasteiger partial charge is 0.486 e. The third kappa shape index (κ3) is 4.92. The molecule has 0 bridgehead atoms. The van der Waals surface area contributed by atoms with Crippen LogP contribution in [0.25, 0.3) is 0 Å². The van der Waals surface area contributed by atoms with Crippen LogP contribution < -0.4 is 9.47 Å². The normalized spacial score (nSPS) is 15.7. The fraction of sp³-hybridized carbons (Fsp3) is 0.350. The van der Waals surface area contributed by atoms with Crippen molar-refractivity contribution in [3.8, 4) is 11.5 Å². The summed E-state index contributed by atoms with van der Waals surface area (Å²) in [5.74, 6) is 2.93. The predicted molar refractivity (Wildman–Crippen MR) is 101 cm³/mol. The van der Waals surface area contributed by atoms with Gasteiger partial charge in [-0.25, -0.2) is 0 Å². The molecule has 1 atom stereocenters. The molecular formula is C20H23NO3S. The molecule has 5 heteroatoms. The molecule has 4 nitrogen and oxygen atoms in total. The molecule has 0 spiro atoms. The summed E-state index contributed by atoms with van der Waals surface area (Å²) < 4.78 is 11.6. The molecule has 1 heterocycles. The van der Waals surface area contributed by atoms with Gasteiger partial charge in [0.1, 0.15) is 6.61 Å². The first-order chi connectivity index (χ1) is 12.1. The van der Waals surface area contributed by atoms with Gasteiger partial charge in [0.2, 0.25) is 5.91 Å². The van der Waals surface area contributed by atoms with Crippen molar-refractivity contribution in [2.24, 2.45) is 0 Å². The van der Waals surface area contributed by atoms with E-state index in [4.69, 9.17) is 9.47 Å². The summed E-state index contributed by atoms with van der Waals surface area (Å²) in [5.41, 5.74) is 2.50. The van der Waals surface area contributed by atoms with Gasteiger partial charge in [0, 0.05) is 12.8 Å². The lowest BCUT2D eigenvalue weighted by molar-refractivity contribution is -0.128. The second-order valence-corrected chi connectivity index (χ2v) is 7.24. The van der Waals surface area contributed by atoms with Crippen LogP contribution in [0.3, 0.4) is 0 Å². The van der Waals surface area contributed by atoms with Crippen molar-refractivity contribution < 1.29 is 14.3 Å². The highest BCUT2D eigenvalue weighted by Crippen LogP contribution is 2.31. The first-order valence-corrected chi connectivity index (χ1v) is 9.53. The molecule has 1 unspecified atom stereocenters. The number of thioether (sulfide) groups is 1. The number of aryl methyl sites for hydroxylation is 1. The van der Waals surface area contributed by atoms with Crippen LogP contribution >= 0.6 is 11.8 Å². The lowest BCUT2D eigenvalue weighted by Gasteiger charge is -2.29. The zero-order valence-corrected chi connectivity index (χ0v) is 15.4. The van der Waals surface area contributed by atoms with Crippen LogP contribution in [-0.2, 0) is 10.5 Å². The number of benzene rings is 2. The number of likely N-dealkylation sites (N-methyl/N-ethyl adjacent to an activating group) is 1. The van der Waals surface area contributed by atoms with Crippen LogP contribution in [0.4, 0.5) is 0 Å². The van der Waals surface area contributed by atoms with Crippen molar-refractivity contribution in [3.05, 3.63) is 59.7 Å². The Morgan fingerprint density at radius 2 is 2.00 bits per heavy atom. The number of rotatable bonds is 6. The lowest BCUT2D eigenvalue weighted by atomic mass is 10.2. The topological polar surface area (TPSA) is 38.8 Å². The molecule has 1 aliphatic heterocycles. The minimum absolute atomic E-state index is 0.111. The molecule has 132 valence electrons. The highest BCUT2D eigenvalue weighted by molar-refractivity contribution is 7.99. The Balaban J connectivity index is 1.44. The third-order valence-corrected chi connectivity index (χ3v) is 5.04. The summed E-state index contributed by atoms with van der Waals surface area (Å²) in [6, 6.07) is 16.0. The molecule has 0 saturated heterocycles. The molecule has 1 amide bonds. The zero-order chi connectivity index (χ0) is 17.6. The number of nitrogens with zero attached hydrogens (tertiary/aromatic N) is 1. The molecule has 0 saturated carbocycles. The zero-order valence-electron chi connectivity index (χ0n) is 14.6. The van der Waals surface area contributed by atoms with E-state index in [1.165, 1.54) is 11.1 Å². The van der Waals surface area contributed by atoms with Crippen molar-refractivity contribution in [1.29, 1.82) is 0 Å². The Morgan fingerprint density at radius 1 is 1.20 bits per heavy atom. The fourth-order valence-electron chi connectivity index (χ4n) is 2.73. The minimum Gasteiger partial charge on any atom is -0.486 e. The van der Waals surface area contributed by atoms with Gasteiger partial charge in [0.15, 0.2) is 17.6 Å². The molecule has 0 N–H and O–H groups in total. The maximum atomic E-state index is 12.3. The highest BCUT2D eigenvalue weighted by atomic mass is 32.2. The van der Waals surface area contributed by atoms with Gasteiger partial charge in [-0.05, 0) is 24.6 Å². The molecule has 0 aliphatic carbocycles. The third-order valence-electron chi connectivity index (χ3n) is 4.05. The molecule has 0 radical (unpaired) electrons. The highest BCUT2D eigenvalue weighted by Gasteiger charge is 2.23. The van der Waals surface area contributed by atoms with Crippen LogP contribution in [0.1, 0.15) is 11.1 Å². The molecule has 0 fully saturated rings.